The fourth-order valence-electron chi connectivity index (χ4n) is 0.434. The van der Waals surface area contributed by atoms with Crippen molar-refractivity contribution >= 4 is 21.9 Å². The van der Waals surface area contributed by atoms with Crippen LogP contribution >= 0.6 is 15.9 Å². The van der Waals surface area contributed by atoms with Gasteiger partial charge in [-0.25, -0.2) is 4.79 Å². The van der Waals surface area contributed by atoms with Gasteiger partial charge in [-0.1, -0.05) is 15.9 Å². The number of rotatable bonds is 7. The van der Waals surface area contributed by atoms with Crippen LogP contribution in [0.15, 0.2) is 0 Å². The van der Waals surface area contributed by atoms with Crippen LogP contribution in [0.1, 0.15) is 0 Å². The molecule has 0 aliphatic heterocycles. The molecule has 66 valence electrons. The molecule has 0 aromatic carbocycles. The first kappa shape index (κ1) is 10.9. The van der Waals surface area contributed by atoms with Crippen molar-refractivity contribution < 1.29 is 19.4 Å². The Morgan fingerprint density at radius 2 is 1.91 bits per heavy atom. The van der Waals surface area contributed by atoms with Crippen molar-refractivity contribution in [1.82, 2.24) is 0 Å². The van der Waals surface area contributed by atoms with E-state index in [2.05, 4.69) is 15.9 Å². The molecule has 0 aliphatic carbocycles. The molecule has 0 heterocycles. The van der Waals surface area contributed by atoms with Crippen LogP contribution < -0.4 is 0 Å². The number of halogens is 1. The Bertz CT molecular complexity index is 107. The third-order valence-corrected chi connectivity index (χ3v) is 1.14. The van der Waals surface area contributed by atoms with E-state index in [0.717, 1.165) is 5.33 Å². The highest BCUT2D eigenvalue weighted by Crippen LogP contribution is 1.82. The van der Waals surface area contributed by atoms with E-state index in [9.17, 15) is 4.79 Å². The highest BCUT2D eigenvalue weighted by Gasteiger charge is 1.94. The van der Waals surface area contributed by atoms with Crippen LogP contribution in [-0.2, 0) is 14.3 Å². The van der Waals surface area contributed by atoms with Crippen molar-refractivity contribution in [1.29, 1.82) is 0 Å². The molecule has 0 aliphatic rings. The van der Waals surface area contributed by atoms with Gasteiger partial charge >= 0.3 is 5.97 Å². The molecule has 0 amide bonds. The zero-order valence-corrected chi connectivity index (χ0v) is 7.67. The Morgan fingerprint density at radius 3 is 2.45 bits per heavy atom. The first-order valence-corrected chi connectivity index (χ1v) is 4.32. The summed E-state index contributed by atoms with van der Waals surface area (Å²) in [6.45, 7) is 1.15. The number of aliphatic carboxylic acids is 1. The number of alkyl halides is 1. The molecule has 1 N–H and O–H groups in total. The largest absolute Gasteiger partial charge is 0.480 e. The molecule has 0 spiro atoms. The van der Waals surface area contributed by atoms with Crippen LogP contribution in [0.5, 0.6) is 0 Å². The molecule has 4 nitrogen and oxygen atoms in total. The van der Waals surface area contributed by atoms with Gasteiger partial charge < -0.3 is 14.6 Å². The summed E-state index contributed by atoms with van der Waals surface area (Å²) in [6.07, 6.45) is 0. The van der Waals surface area contributed by atoms with Crippen molar-refractivity contribution in [3.8, 4) is 0 Å². The van der Waals surface area contributed by atoms with Crippen LogP contribution in [-0.4, -0.2) is 42.8 Å². The van der Waals surface area contributed by atoms with Gasteiger partial charge in [-0.05, 0) is 0 Å². The Kier molecular flexibility index (Phi) is 7.88. The van der Waals surface area contributed by atoms with E-state index >= 15 is 0 Å². The number of carboxylic acid groups (broad SMARTS) is 1. The smallest absolute Gasteiger partial charge is 0.329 e. The van der Waals surface area contributed by atoms with E-state index in [1.54, 1.807) is 0 Å². The van der Waals surface area contributed by atoms with Crippen molar-refractivity contribution in [2.75, 3.05) is 31.8 Å². The number of carbonyl (C=O) groups is 1. The summed E-state index contributed by atoms with van der Waals surface area (Å²) in [5.74, 6) is -0.953. The van der Waals surface area contributed by atoms with Gasteiger partial charge in [0.25, 0.3) is 0 Å². The second kappa shape index (κ2) is 7.97. The van der Waals surface area contributed by atoms with Crippen LogP contribution in [0, 0.1) is 0 Å². The average molecular weight is 227 g/mol. The lowest BCUT2D eigenvalue weighted by molar-refractivity contribution is -0.142. The fourth-order valence-corrected chi connectivity index (χ4v) is 0.663. The second-order valence-corrected chi connectivity index (χ2v) is 2.54. The molecule has 5 heteroatoms. The summed E-state index contributed by atoms with van der Waals surface area (Å²) in [6, 6.07) is 0. The normalized spacial score (nSPS) is 9.91. The molecular formula is C6H11BrO4. The number of ether oxygens (including phenoxy) is 2. The second-order valence-electron chi connectivity index (χ2n) is 1.75. The van der Waals surface area contributed by atoms with E-state index < -0.39 is 5.97 Å². The van der Waals surface area contributed by atoms with Gasteiger partial charge in [-0.15, -0.1) is 0 Å². The van der Waals surface area contributed by atoms with Crippen molar-refractivity contribution in [2.45, 2.75) is 0 Å². The predicted octanol–water partition coefficient (Wildman–Crippen LogP) is 0.499. The molecule has 0 rings (SSSR count). The first-order chi connectivity index (χ1) is 5.27. The third kappa shape index (κ3) is 9.87. The average Bonchev–Trinajstić information content (AvgIpc) is 1.96. The highest BCUT2D eigenvalue weighted by molar-refractivity contribution is 9.09. The molecule has 0 atom stereocenters. The minimum Gasteiger partial charge on any atom is -0.480 e. The molecule has 11 heavy (non-hydrogen) atoms. The predicted molar refractivity (Wildman–Crippen MR) is 43.1 cm³/mol. The monoisotopic (exact) mass is 226 g/mol. The maximum Gasteiger partial charge on any atom is 0.329 e. The van der Waals surface area contributed by atoms with Crippen molar-refractivity contribution in [3.05, 3.63) is 0 Å². The van der Waals surface area contributed by atoms with E-state index in [-0.39, 0.29) is 6.61 Å². The molecule has 0 radical (unpaired) electrons. The Balaban J connectivity index is 2.85. The van der Waals surface area contributed by atoms with Gasteiger partial charge in [-0.2, -0.15) is 0 Å². The Labute approximate surface area is 73.6 Å². The summed E-state index contributed by atoms with van der Waals surface area (Å²) < 4.78 is 9.70. The standard InChI is InChI=1S/C6H11BrO4/c7-1-2-10-3-4-11-5-6(8)9/h1-5H2,(H,8,9). The summed E-state index contributed by atoms with van der Waals surface area (Å²) in [4.78, 5) is 9.91. The molecule has 0 bridgehead atoms. The fraction of sp³-hybridized carbons (Fsp3) is 0.833. The van der Waals surface area contributed by atoms with Gasteiger partial charge in [0.2, 0.25) is 0 Å². The quantitative estimate of drug-likeness (QED) is 0.508. The first-order valence-electron chi connectivity index (χ1n) is 3.20. The SMILES string of the molecule is O=C(O)COCCOCCBr. The summed E-state index contributed by atoms with van der Waals surface area (Å²) in [5.41, 5.74) is 0. The van der Waals surface area contributed by atoms with E-state index in [0.29, 0.717) is 19.8 Å². The molecular weight excluding hydrogens is 216 g/mol. The summed E-state index contributed by atoms with van der Waals surface area (Å²) >= 11 is 3.18. The van der Waals surface area contributed by atoms with Gasteiger partial charge in [0, 0.05) is 5.33 Å². The molecule has 0 unspecified atom stereocenters. The summed E-state index contributed by atoms with van der Waals surface area (Å²) in [7, 11) is 0. The van der Waals surface area contributed by atoms with E-state index in [4.69, 9.17) is 14.6 Å². The number of hydrogen-bond donors (Lipinski definition) is 1. The highest BCUT2D eigenvalue weighted by atomic mass is 79.9. The molecule has 0 fully saturated rings. The van der Waals surface area contributed by atoms with E-state index in [1.807, 2.05) is 0 Å². The van der Waals surface area contributed by atoms with Gasteiger partial charge in [0.1, 0.15) is 6.61 Å². The number of carboxylic acids is 1. The van der Waals surface area contributed by atoms with Gasteiger partial charge in [0.15, 0.2) is 0 Å². The van der Waals surface area contributed by atoms with Crippen LogP contribution in [0.2, 0.25) is 0 Å². The zero-order chi connectivity index (χ0) is 8.53. The maximum absolute atomic E-state index is 9.91. The van der Waals surface area contributed by atoms with Gasteiger partial charge in [0.05, 0.1) is 19.8 Å². The third-order valence-electron chi connectivity index (χ3n) is 0.819. The maximum atomic E-state index is 9.91. The lowest BCUT2D eigenvalue weighted by atomic mass is 10.7. The lowest BCUT2D eigenvalue weighted by Gasteiger charge is -2.01. The minimum absolute atomic E-state index is 0.252. The van der Waals surface area contributed by atoms with Crippen LogP contribution in [0.4, 0.5) is 0 Å². The Morgan fingerprint density at radius 1 is 1.27 bits per heavy atom. The lowest BCUT2D eigenvalue weighted by Crippen LogP contribution is -2.11. The molecule has 0 saturated carbocycles. The topological polar surface area (TPSA) is 55.8 Å². The zero-order valence-electron chi connectivity index (χ0n) is 6.09. The summed E-state index contributed by atoms with van der Waals surface area (Å²) in [5, 5.41) is 8.93. The minimum atomic E-state index is -0.953. The Hall–Kier alpha value is -0.130. The van der Waals surface area contributed by atoms with Gasteiger partial charge in [-0.3, -0.25) is 0 Å². The van der Waals surface area contributed by atoms with Crippen molar-refractivity contribution in [2.24, 2.45) is 0 Å². The van der Waals surface area contributed by atoms with E-state index in [1.165, 1.54) is 0 Å². The molecule has 0 saturated heterocycles. The van der Waals surface area contributed by atoms with Crippen molar-refractivity contribution in [3.63, 3.8) is 0 Å². The number of hydrogen-bond acceptors (Lipinski definition) is 3. The molecule has 0 aromatic rings. The van der Waals surface area contributed by atoms with Crippen LogP contribution in [0.3, 0.4) is 0 Å². The van der Waals surface area contributed by atoms with Crippen LogP contribution in [0.25, 0.3) is 0 Å². The molecule has 0 aromatic heterocycles.